The maximum absolute atomic E-state index is 12.5. The minimum Gasteiger partial charge on any atom is -0.325 e. The van der Waals surface area contributed by atoms with Crippen LogP contribution in [0.1, 0.15) is 66.2 Å². The highest BCUT2D eigenvalue weighted by molar-refractivity contribution is 8.00. The molecule has 0 atom stereocenters. The monoisotopic (exact) mass is 439 g/mol. The van der Waals surface area contributed by atoms with E-state index in [2.05, 4.69) is 19.2 Å². The number of aromatic nitrogens is 2. The van der Waals surface area contributed by atoms with E-state index in [0.29, 0.717) is 11.3 Å². The fourth-order valence-electron chi connectivity index (χ4n) is 3.62. The van der Waals surface area contributed by atoms with Gasteiger partial charge in [-0.25, -0.2) is 9.97 Å². The lowest BCUT2D eigenvalue weighted by molar-refractivity contribution is -0.113. The summed E-state index contributed by atoms with van der Waals surface area (Å²) in [6, 6.07) is 6.97. The number of hydrogen-bond donors (Lipinski definition) is 1. The molecule has 0 unspecified atom stereocenters. The largest absolute Gasteiger partial charge is 0.325 e. The van der Waals surface area contributed by atoms with E-state index < -0.39 is 0 Å². The summed E-state index contributed by atoms with van der Waals surface area (Å²) in [5.41, 5.74) is 2.71. The number of benzene rings is 1. The van der Waals surface area contributed by atoms with Crippen molar-refractivity contribution in [3.05, 3.63) is 46.1 Å². The lowest BCUT2D eigenvalue weighted by Crippen LogP contribution is -2.14. The third kappa shape index (κ3) is 4.42. The second-order valence-corrected chi connectivity index (χ2v) is 9.95. The average molecular weight is 440 g/mol. The van der Waals surface area contributed by atoms with Gasteiger partial charge in [0, 0.05) is 27.4 Å². The molecular weight excluding hydrogens is 414 g/mol. The molecule has 1 N–H and O–H groups in total. The van der Waals surface area contributed by atoms with Crippen molar-refractivity contribution in [2.75, 3.05) is 11.1 Å². The first-order chi connectivity index (χ1) is 14.4. The number of thiophene rings is 1. The van der Waals surface area contributed by atoms with Crippen LogP contribution < -0.4 is 5.32 Å². The molecule has 30 heavy (non-hydrogen) atoms. The van der Waals surface area contributed by atoms with E-state index in [4.69, 9.17) is 9.97 Å². The Labute approximate surface area is 184 Å². The number of carbonyl (C=O) groups excluding carboxylic acids is 2. The topological polar surface area (TPSA) is 72.0 Å². The molecule has 0 fully saturated rings. The molecule has 0 spiro atoms. The van der Waals surface area contributed by atoms with Crippen molar-refractivity contribution in [2.24, 2.45) is 0 Å². The van der Waals surface area contributed by atoms with E-state index in [1.165, 1.54) is 42.0 Å². The number of anilines is 1. The normalized spacial score (nSPS) is 13.5. The van der Waals surface area contributed by atoms with E-state index in [1.54, 1.807) is 35.6 Å². The number of hydrogen-bond acceptors (Lipinski definition) is 6. The molecule has 0 saturated heterocycles. The van der Waals surface area contributed by atoms with Crippen LogP contribution in [0.3, 0.4) is 0 Å². The van der Waals surface area contributed by atoms with Crippen LogP contribution in [0.4, 0.5) is 5.69 Å². The van der Waals surface area contributed by atoms with Crippen LogP contribution in [-0.4, -0.2) is 27.4 Å². The van der Waals surface area contributed by atoms with Gasteiger partial charge in [-0.2, -0.15) is 0 Å². The molecular formula is C23H25N3O2S2. The Morgan fingerprint density at radius 3 is 2.57 bits per heavy atom. The Hall–Kier alpha value is -2.25. The minimum absolute atomic E-state index is 0.0104. The van der Waals surface area contributed by atoms with Crippen molar-refractivity contribution in [2.45, 2.75) is 57.4 Å². The number of amides is 1. The minimum atomic E-state index is -0.0856. The molecule has 1 aliphatic carbocycles. The number of nitrogens with zero attached hydrogens (tertiary/aromatic N) is 2. The molecule has 1 aliphatic rings. The van der Waals surface area contributed by atoms with Crippen molar-refractivity contribution >= 4 is 50.7 Å². The van der Waals surface area contributed by atoms with Crippen LogP contribution in [0, 0.1) is 0 Å². The average Bonchev–Trinajstić information content (AvgIpc) is 3.11. The highest BCUT2D eigenvalue weighted by Gasteiger charge is 2.22. The summed E-state index contributed by atoms with van der Waals surface area (Å²) < 4.78 is 0. The maximum atomic E-state index is 12.5. The summed E-state index contributed by atoms with van der Waals surface area (Å²) in [5, 5.41) is 4.98. The number of fused-ring (bicyclic) bond motifs is 3. The highest BCUT2D eigenvalue weighted by Crippen LogP contribution is 2.40. The molecule has 3 aromatic rings. The summed E-state index contributed by atoms with van der Waals surface area (Å²) in [7, 11) is 0. The molecule has 0 bridgehead atoms. The highest BCUT2D eigenvalue weighted by atomic mass is 32.2. The van der Waals surface area contributed by atoms with Crippen molar-refractivity contribution in [3.63, 3.8) is 0 Å². The first-order valence-corrected chi connectivity index (χ1v) is 12.1. The third-order valence-electron chi connectivity index (χ3n) is 5.23. The number of Topliss-reactive ketones (excluding diaryl/α,β-unsaturated/α-hetero) is 1. The van der Waals surface area contributed by atoms with Crippen LogP contribution in [0.5, 0.6) is 0 Å². The van der Waals surface area contributed by atoms with Crippen LogP contribution >= 0.6 is 23.1 Å². The number of carbonyl (C=O) groups is 2. The Bertz CT molecular complexity index is 1100. The third-order valence-corrected chi connectivity index (χ3v) is 7.39. The molecule has 4 rings (SSSR count). The number of nitrogens with one attached hydrogen (secondary N) is 1. The maximum Gasteiger partial charge on any atom is 0.234 e. The van der Waals surface area contributed by atoms with Gasteiger partial charge in [-0.3, -0.25) is 9.59 Å². The van der Waals surface area contributed by atoms with Crippen LogP contribution in [0.15, 0.2) is 29.3 Å². The smallest absolute Gasteiger partial charge is 0.234 e. The van der Waals surface area contributed by atoms with Crippen molar-refractivity contribution in [1.29, 1.82) is 0 Å². The summed E-state index contributed by atoms with van der Waals surface area (Å²) in [5.74, 6) is 1.28. The first kappa shape index (κ1) is 21.0. The molecule has 7 heteroatoms. The summed E-state index contributed by atoms with van der Waals surface area (Å²) in [6.07, 6.45) is 4.62. The SMILES string of the molecule is CC(=O)c1ccc(NC(=O)CSc2nc(C(C)C)nc3sc4c(c23)CCCC4)cc1. The van der Waals surface area contributed by atoms with Gasteiger partial charge in [0.15, 0.2) is 5.78 Å². The molecule has 2 aromatic heterocycles. The molecule has 5 nitrogen and oxygen atoms in total. The van der Waals surface area contributed by atoms with Crippen LogP contribution in [0.2, 0.25) is 0 Å². The van der Waals surface area contributed by atoms with Gasteiger partial charge in [-0.15, -0.1) is 11.3 Å². The zero-order chi connectivity index (χ0) is 21.3. The Morgan fingerprint density at radius 1 is 1.13 bits per heavy atom. The van der Waals surface area contributed by atoms with Gasteiger partial charge in [0.05, 0.1) is 5.75 Å². The molecule has 1 aromatic carbocycles. The van der Waals surface area contributed by atoms with Gasteiger partial charge < -0.3 is 5.32 Å². The van der Waals surface area contributed by atoms with Crippen molar-refractivity contribution in [1.82, 2.24) is 9.97 Å². The quantitative estimate of drug-likeness (QED) is 0.306. The Kier molecular flexibility index (Phi) is 6.20. The molecule has 2 heterocycles. The fourth-order valence-corrected chi connectivity index (χ4v) is 5.82. The summed E-state index contributed by atoms with van der Waals surface area (Å²) in [6.45, 7) is 5.72. The Morgan fingerprint density at radius 2 is 1.87 bits per heavy atom. The Balaban J connectivity index is 1.54. The lowest BCUT2D eigenvalue weighted by atomic mass is 9.97. The molecule has 0 saturated carbocycles. The van der Waals surface area contributed by atoms with E-state index in [1.807, 2.05) is 0 Å². The lowest BCUT2D eigenvalue weighted by Gasteiger charge is -2.13. The number of ketones is 1. The van der Waals surface area contributed by atoms with Gasteiger partial charge in [0.2, 0.25) is 5.91 Å². The van der Waals surface area contributed by atoms with Crippen LogP contribution in [-0.2, 0) is 17.6 Å². The predicted octanol–water partition coefficient (Wildman–Crippen LogP) is 5.63. The van der Waals surface area contributed by atoms with Gasteiger partial charge in [0.1, 0.15) is 15.7 Å². The number of rotatable bonds is 6. The first-order valence-electron chi connectivity index (χ1n) is 10.3. The zero-order valence-corrected chi connectivity index (χ0v) is 19.1. The van der Waals surface area contributed by atoms with Crippen molar-refractivity contribution in [3.8, 4) is 0 Å². The van der Waals surface area contributed by atoms with E-state index in [0.717, 1.165) is 33.9 Å². The van der Waals surface area contributed by atoms with Gasteiger partial charge >= 0.3 is 0 Å². The van der Waals surface area contributed by atoms with E-state index in [-0.39, 0.29) is 23.4 Å². The predicted molar refractivity (Wildman–Crippen MR) is 124 cm³/mol. The van der Waals surface area contributed by atoms with Gasteiger partial charge in [0.25, 0.3) is 0 Å². The van der Waals surface area contributed by atoms with Crippen molar-refractivity contribution < 1.29 is 9.59 Å². The van der Waals surface area contributed by atoms with Crippen LogP contribution in [0.25, 0.3) is 10.2 Å². The van der Waals surface area contributed by atoms with E-state index in [9.17, 15) is 9.59 Å². The summed E-state index contributed by atoms with van der Waals surface area (Å²) in [4.78, 5) is 36.1. The molecule has 0 aliphatic heterocycles. The molecule has 1 amide bonds. The van der Waals surface area contributed by atoms with Gasteiger partial charge in [-0.1, -0.05) is 25.6 Å². The number of aryl methyl sites for hydroxylation is 2. The zero-order valence-electron chi connectivity index (χ0n) is 17.4. The summed E-state index contributed by atoms with van der Waals surface area (Å²) >= 11 is 3.28. The second-order valence-electron chi connectivity index (χ2n) is 7.90. The molecule has 156 valence electrons. The fraction of sp³-hybridized carbons (Fsp3) is 0.391. The number of thioether (sulfide) groups is 1. The molecule has 0 radical (unpaired) electrons. The standard InChI is InChI=1S/C23H25N3O2S2/c1-13(2)21-25-22(20-17-6-4-5-7-18(17)30-23(20)26-21)29-12-19(28)24-16-10-8-15(9-11-16)14(3)27/h8-11,13H,4-7,12H2,1-3H3,(H,24,28). The van der Waals surface area contributed by atoms with Gasteiger partial charge in [-0.05, 0) is 62.4 Å². The second kappa shape index (κ2) is 8.86. The van der Waals surface area contributed by atoms with E-state index >= 15 is 0 Å².